The summed E-state index contributed by atoms with van der Waals surface area (Å²) in [5, 5.41) is 3.41. The third kappa shape index (κ3) is 6.37. The van der Waals surface area contributed by atoms with Crippen LogP contribution in [0.15, 0.2) is 200 Å². The number of para-hydroxylation sites is 1. The second-order valence-corrected chi connectivity index (χ2v) is 13.7. The Morgan fingerprint density at radius 2 is 0.804 bits per heavy atom. The van der Waals surface area contributed by atoms with E-state index in [4.69, 9.17) is 19.9 Å². The first-order chi connectivity index (χ1) is 27.7. The van der Waals surface area contributed by atoms with Crippen LogP contribution in [0.1, 0.15) is 0 Å². The van der Waals surface area contributed by atoms with Crippen molar-refractivity contribution in [1.82, 2.24) is 24.9 Å². The van der Waals surface area contributed by atoms with Crippen LogP contribution in [0.4, 0.5) is 0 Å². The zero-order valence-corrected chi connectivity index (χ0v) is 30.3. The third-order valence-electron chi connectivity index (χ3n) is 10.2. The van der Waals surface area contributed by atoms with Crippen molar-refractivity contribution in [3.63, 3.8) is 0 Å². The van der Waals surface area contributed by atoms with Crippen molar-refractivity contribution in [1.29, 1.82) is 0 Å². The zero-order chi connectivity index (χ0) is 37.3. The molecule has 10 aromatic rings. The first-order valence-corrected chi connectivity index (χ1v) is 18.7. The van der Waals surface area contributed by atoms with Gasteiger partial charge in [0.2, 0.25) is 0 Å². The molecule has 0 aliphatic heterocycles. The summed E-state index contributed by atoms with van der Waals surface area (Å²) in [7, 11) is 0. The van der Waals surface area contributed by atoms with Crippen molar-refractivity contribution in [2.45, 2.75) is 0 Å². The van der Waals surface area contributed by atoms with Crippen LogP contribution >= 0.6 is 0 Å². The maximum absolute atomic E-state index is 5.17. The van der Waals surface area contributed by atoms with E-state index in [2.05, 4.69) is 157 Å². The molecule has 0 amide bonds. The molecule has 10 rings (SSSR count). The van der Waals surface area contributed by atoms with Gasteiger partial charge < -0.3 is 0 Å². The highest BCUT2D eigenvalue weighted by Crippen LogP contribution is 2.34. The number of hydrogen-bond donors (Lipinski definition) is 0. The van der Waals surface area contributed by atoms with Crippen LogP contribution in [0, 0.1) is 0 Å². The van der Waals surface area contributed by atoms with E-state index < -0.39 is 0 Å². The molecular formula is C51H33N5. The molecule has 0 fully saturated rings. The van der Waals surface area contributed by atoms with E-state index in [1.807, 2.05) is 48.8 Å². The van der Waals surface area contributed by atoms with Gasteiger partial charge >= 0.3 is 0 Å². The SMILES string of the molecule is c1ccc(-c2nc(-c3ccc(-c4ccncc4)cc3)cc(-c3ccc(-c4cccc(-c5cccc(-c6nc7ccccc7c7ccccc67)n5)c4)cc3)n2)cc1. The van der Waals surface area contributed by atoms with Crippen molar-refractivity contribution in [3.05, 3.63) is 200 Å². The summed E-state index contributed by atoms with van der Waals surface area (Å²) in [5.74, 6) is 0.690. The quantitative estimate of drug-likeness (QED) is 0.154. The minimum absolute atomic E-state index is 0.690. The van der Waals surface area contributed by atoms with E-state index in [9.17, 15) is 0 Å². The van der Waals surface area contributed by atoms with E-state index in [1.54, 1.807) is 0 Å². The average Bonchev–Trinajstić information content (AvgIpc) is 3.29. The highest BCUT2D eigenvalue weighted by Gasteiger charge is 2.14. The molecule has 0 saturated carbocycles. The van der Waals surface area contributed by atoms with E-state index >= 15 is 0 Å². The lowest BCUT2D eigenvalue weighted by molar-refractivity contribution is 1.18. The fraction of sp³-hybridized carbons (Fsp3) is 0. The Kier molecular flexibility index (Phi) is 8.43. The minimum Gasteiger partial charge on any atom is -0.265 e. The smallest absolute Gasteiger partial charge is 0.160 e. The molecule has 262 valence electrons. The molecule has 0 unspecified atom stereocenters. The van der Waals surface area contributed by atoms with Crippen molar-refractivity contribution >= 4 is 21.7 Å². The van der Waals surface area contributed by atoms with Gasteiger partial charge in [-0.05, 0) is 70.1 Å². The van der Waals surface area contributed by atoms with Gasteiger partial charge in [-0.2, -0.15) is 0 Å². The molecule has 5 nitrogen and oxygen atoms in total. The Morgan fingerprint density at radius 1 is 0.268 bits per heavy atom. The number of rotatable bonds is 7. The Labute approximate surface area is 324 Å². The molecule has 0 saturated heterocycles. The fourth-order valence-corrected chi connectivity index (χ4v) is 7.36. The van der Waals surface area contributed by atoms with Gasteiger partial charge in [-0.25, -0.2) is 19.9 Å². The van der Waals surface area contributed by atoms with Gasteiger partial charge in [0, 0.05) is 45.4 Å². The van der Waals surface area contributed by atoms with Crippen LogP contribution in [0.3, 0.4) is 0 Å². The van der Waals surface area contributed by atoms with Crippen LogP contribution in [-0.2, 0) is 0 Å². The van der Waals surface area contributed by atoms with Gasteiger partial charge in [0.15, 0.2) is 5.82 Å². The molecule has 4 heterocycles. The van der Waals surface area contributed by atoms with Gasteiger partial charge in [-0.3, -0.25) is 4.98 Å². The van der Waals surface area contributed by atoms with E-state index in [0.29, 0.717) is 5.82 Å². The summed E-state index contributed by atoms with van der Waals surface area (Å²) >= 11 is 0. The zero-order valence-electron chi connectivity index (χ0n) is 30.3. The first kappa shape index (κ1) is 33.0. The number of nitrogens with zero attached hydrogens (tertiary/aromatic N) is 5. The number of hydrogen-bond acceptors (Lipinski definition) is 5. The van der Waals surface area contributed by atoms with Crippen LogP contribution < -0.4 is 0 Å². The fourth-order valence-electron chi connectivity index (χ4n) is 7.36. The largest absolute Gasteiger partial charge is 0.265 e. The molecule has 5 heteroatoms. The monoisotopic (exact) mass is 715 g/mol. The molecule has 6 aromatic carbocycles. The molecule has 0 bridgehead atoms. The van der Waals surface area contributed by atoms with Gasteiger partial charge in [0.25, 0.3) is 0 Å². The van der Waals surface area contributed by atoms with E-state index in [1.165, 1.54) is 5.39 Å². The minimum atomic E-state index is 0.690. The Bertz CT molecular complexity index is 3000. The lowest BCUT2D eigenvalue weighted by Crippen LogP contribution is -1.96. The first-order valence-electron chi connectivity index (χ1n) is 18.7. The molecule has 0 aliphatic carbocycles. The maximum atomic E-state index is 5.17. The highest BCUT2D eigenvalue weighted by atomic mass is 14.9. The van der Waals surface area contributed by atoms with E-state index in [-0.39, 0.29) is 0 Å². The van der Waals surface area contributed by atoms with Gasteiger partial charge in [0.05, 0.1) is 34.0 Å². The predicted molar refractivity (Wildman–Crippen MR) is 228 cm³/mol. The van der Waals surface area contributed by atoms with Crippen molar-refractivity contribution in [2.24, 2.45) is 0 Å². The van der Waals surface area contributed by atoms with Crippen LogP contribution in [-0.4, -0.2) is 24.9 Å². The lowest BCUT2D eigenvalue weighted by Gasteiger charge is -2.12. The highest BCUT2D eigenvalue weighted by molar-refractivity contribution is 6.10. The molecule has 0 spiro atoms. The maximum Gasteiger partial charge on any atom is 0.160 e. The number of benzene rings is 6. The molecule has 56 heavy (non-hydrogen) atoms. The Morgan fingerprint density at radius 3 is 1.54 bits per heavy atom. The summed E-state index contributed by atoms with van der Waals surface area (Å²) in [6.07, 6.45) is 3.63. The second kappa shape index (κ2) is 14.3. The second-order valence-electron chi connectivity index (χ2n) is 13.7. The van der Waals surface area contributed by atoms with Crippen LogP contribution in [0.2, 0.25) is 0 Å². The molecule has 0 N–H and O–H groups in total. The van der Waals surface area contributed by atoms with E-state index in [0.717, 1.165) is 89.3 Å². The number of aromatic nitrogens is 5. The topological polar surface area (TPSA) is 64.5 Å². The Balaban J connectivity index is 0.975. The van der Waals surface area contributed by atoms with Gasteiger partial charge in [0.1, 0.15) is 0 Å². The summed E-state index contributed by atoms with van der Waals surface area (Å²) in [5.41, 5.74) is 13.9. The molecule has 0 atom stereocenters. The Hall–Kier alpha value is -7.63. The third-order valence-corrected chi connectivity index (χ3v) is 10.2. The number of pyridine rings is 3. The van der Waals surface area contributed by atoms with Crippen molar-refractivity contribution in [2.75, 3.05) is 0 Å². The molecule has 0 aliphatic rings. The van der Waals surface area contributed by atoms with Gasteiger partial charge in [-0.1, -0.05) is 146 Å². The van der Waals surface area contributed by atoms with Crippen LogP contribution in [0.5, 0.6) is 0 Å². The summed E-state index contributed by atoms with van der Waals surface area (Å²) in [4.78, 5) is 24.5. The molecule has 4 aromatic heterocycles. The molecule has 0 radical (unpaired) electrons. The predicted octanol–water partition coefficient (Wildman–Crippen LogP) is 12.6. The van der Waals surface area contributed by atoms with Crippen molar-refractivity contribution in [3.8, 4) is 78.8 Å². The lowest BCUT2D eigenvalue weighted by atomic mass is 9.98. The summed E-state index contributed by atoms with van der Waals surface area (Å²) in [6.45, 7) is 0. The number of fused-ring (bicyclic) bond motifs is 3. The normalized spacial score (nSPS) is 11.2. The van der Waals surface area contributed by atoms with Crippen LogP contribution in [0.25, 0.3) is 100 Å². The van der Waals surface area contributed by atoms with Gasteiger partial charge in [-0.15, -0.1) is 0 Å². The molecular weight excluding hydrogens is 683 g/mol. The summed E-state index contributed by atoms with van der Waals surface area (Å²) in [6, 6.07) is 64.9. The standard InChI is InChI=1S/C51H33N5/c1-2-10-39(11-3-1)51-55-48(37-24-20-34(21-25-37)36-28-30-52-31-29-36)33-49(56-51)38-26-22-35(23-27-38)40-12-8-13-41(32-40)45-18-9-19-47(53-45)50-44-16-5-4-14-42(44)43-15-6-7-17-46(43)54-50/h1-33H. The average molecular weight is 716 g/mol. The van der Waals surface area contributed by atoms with Crippen molar-refractivity contribution < 1.29 is 0 Å². The summed E-state index contributed by atoms with van der Waals surface area (Å²) < 4.78 is 0.